The maximum atomic E-state index is 14.0. The van der Waals surface area contributed by atoms with Crippen molar-refractivity contribution in [3.8, 4) is 5.75 Å². The molecule has 1 saturated carbocycles. The van der Waals surface area contributed by atoms with Gasteiger partial charge in [-0.3, -0.25) is 4.90 Å². The molecule has 118 valence electrons. The van der Waals surface area contributed by atoms with Gasteiger partial charge in [-0.15, -0.1) is 0 Å². The predicted molar refractivity (Wildman–Crippen MR) is 80.8 cm³/mol. The second-order valence-corrected chi connectivity index (χ2v) is 5.60. The number of benzene rings is 1. The van der Waals surface area contributed by atoms with E-state index in [2.05, 4.69) is 4.90 Å². The minimum absolute atomic E-state index is 0.148. The van der Waals surface area contributed by atoms with Crippen molar-refractivity contribution in [3.05, 3.63) is 29.6 Å². The van der Waals surface area contributed by atoms with Gasteiger partial charge in [0.05, 0.1) is 13.7 Å². The lowest BCUT2D eigenvalue weighted by molar-refractivity contribution is 0.0980. The van der Waals surface area contributed by atoms with E-state index in [9.17, 15) is 4.39 Å². The molecule has 1 aliphatic carbocycles. The molecule has 0 spiro atoms. The van der Waals surface area contributed by atoms with Crippen molar-refractivity contribution < 1.29 is 14.2 Å². The standard InChI is InChI=1S/C16H25FN2O2/c1-21-15-7-3-6-13(17)16(15)14(18)8-9-19(10-11-20)12-4-2-5-12/h3,6-7,12,14,20H,2,4-5,8-11,18H2,1H3. The Balaban J connectivity index is 1.98. The summed E-state index contributed by atoms with van der Waals surface area (Å²) in [5.41, 5.74) is 6.61. The third-order valence-corrected chi connectivity index (χ3v) is 4.31. The zero-order valence-electron chi connectivity index (χ0n) is 12.6. The zero-order chi connectivity index (χ0) is 15.2. The molecule has 1 aromatic carbocycles. The van der Waals surface area contributed by atoms with Gasteiger partial charge in [-0.2, -0.15) is 0 Å². The average Bonchev–Trinajstić information content (AvgIpc) is 2.42. The summed E-state index contributed by atoms with van der Waals surface area (Å²) in [6.45, 7) is 1.57. The first kappa shape index (κ1) is 16.2. The van der Waals surface area contributed by atoms with Crippen LogP contribution in [0.2, 0.25) is 0 Å². The molecule has 1 atom stereocenters. The Bertz CT molecular complexity index is 452. The number of methoxy groups -OCH3 is 1. The second kappa shape index (κ2) is 7.73. The minimum Gasteiger partial charge on any atom is -0.496 e. The number of aliphatic hydroxyl groups is 1. The Labute approximate surface area is 125 Å². The summed E-state index contributed by atoms with van der Waals surface area (Å²) in [6, 6.07) is 4.91. The molecule has 4 nitrogen and oxygen atoms in total. The number of rotatable bonds is 8. The Morgan fingerprint density at radius 2 is 2.19 bits per heavy atom. The van der Waals surface area contributed by atoms with Crippen molar-refractivity contribution in [3.63, 3.8) is 0 Å². The Morgan fingerprint density at radius 3 is 2.76 bits per heavy atom. The molecule has 0 aromatic heterocycles. The van der Waals surface area contributed by atoms with Crippen molar-refractivity contribution in [2.24, 2.45) is 5.73 Å². The number of nitrogens with two attached hydrogens (primary N) is 1. The number of hydrogen-bond acceptors (Lipinski definition) is 4. The smallest absolute Gasteiger partial charge is 0.131 e. The van der Waals surface area contributed by atoms with E-state index in [1.807, 2.05) is 0 Å². The molecule has 0 heterocycles. The molecule has 0 radical (unpaired) electrons. The monoisotopic (exact) mass is 296 g/mol. The lowest BCUT2D eigenvalue weighted by atomic mass is 9.91. The van der Waals surface area contributed by atoms with Gasteiger partial charge in [0.1, 0.15) is 11.6 Å². The highest BCUT2D eigenvalue weighted by Gasteiger charge is 2.25. The fourth-order valence-corrected chi connectivity index (χ4v) is 2.86. The van der Waals surface area contributed by atoms with E-state index < -0.39 is 6.04 Å². The van der Waals surface area contributed by atoms with Gasteiger partial charge in [0, 0.05) is 30.7 Å². The van der Waals surface area contributed by atoms with Crippen LogP contribution < -0.4 is 10.5 Å². The van der Waals surface area contributed by atoms with Gasteiger partial charge in [-0.25, -0.2) is 4.39 Å². The second-order valence-electron chi connectivity index (χ2n) is 5.60. The third-order valence-electron chi connectivity index (χ3n) is 4.31. The number of ether oxygens (including phenoxy) is 1. The van der Waals surface area contributed by atoms with Crippen LogP contribution in [-0.2, 0) is 0 Å². The SMILES string of the molecule is COc1cccc(F)c1C(N)CCN(CCO)C1CCC1. The van der Waals surface area contributed by atoms with Crippen LogP contribution >= 0.6 is 0 Å². The van der Waals surface area contributed by atoms with Gasteiger partial charge >= 0.3 is 0 Å². The highest BCUT2D eigenvalue weighted by atomic mass is 19.1. The van der Waals surface area contributed by atoms with Crippen molar-refractivity contribution in [2.45, 2.75) is 37.8 Å². The molecule has 0 amide bonds. The van der Waals surface area contributed by atoms with Crippen molar-refractivity contribution >= 4 is 0 Å². The van der Waals surface area contributed by atoms with E-state index in [0.29, 0.717) is 30.3 Å². The van der Waals surface area contributed by atoms with E-state index in [0.717, 1.165) is 6.54 Å². The lowest BCUT2D eigenvalue weighted by Gasteiger charge is -2.37. The summed E-state index contributed by atoms with van der Waals surface area (Å²) in [7, 11) is 1.53. The van der Waals surface area contributed by atoms with Crippen LogP contribution in [0.1, 0.15) is 37.3 Å². The molecule has 3 N–H and O–H groups in total. The molecule has 1 aromatic rings. The van der Waals surface area contributed by atoms with Crippen LogP contribution in [0.4, 0.5) is 4.39 Å². The first-order chi connectivity index (χ1) is 10.2. The highest BCUT2D eigenvalue weighted by molar-refractivity contribution is 5.37. The summed E-state index contributed by atoms with van der Waals surface area (Å²) in [5.74, 6) is 0.180. The normalized spacial score (nSPS) is 16.8. The number of hydrogen-bond donors (Lipinski definition) is 2. The molecule has 1 unspecified atom stereocenters. The molecule has 0 aliphatic heterocycles. The van der Waals surface area contributed by atoms with E-state index in [1.54, 1.807) is 12.1 Å². The molecule has 0 bridgehead atoms. The average molecular weight is 296 g/mol. The first-order valence-corrected chi connectivity index (χ1v) is 7.60. The molecule has 5 heteroatoms. The fraction of sp³-hybridized carbons (Fsp3) is 0.625. The van der Waals surface area contributed by atoms with Crippen LogP contribution in [0, 0.1) is 5.82 Å². The predicted octanol–water partition coefficient (Wildman–Crippen LogP) is 2.07. The minimum atomic E-state index is -0.401. The largest absolute Gasteiger partial charge is 0.496 e. The quantitative estimate of drug-likeness (QED) is 0.771. The van der Waals surface area contributed by atoms with Gasteiger partial charge in [0.25, 0.3) is 0 Å². The maximum Gasteiger partial charge on any atom is 0.131 e. The van der Waals surface area contributed by atoms with E-state index in [4.69, 9.17) is 15.6 Å². The molecule has 1 fully saturated rings. The van der Waals surface area contributed by atoms with Crippen molar-refractivity contribution in [1.82, 2.24) is 4.90 Å². The highest BCUT2D eigenvalue weighted by Crippen LogP contribution is 2.30. The molecular weight excluding hydrogens is 271 g/mol. The molecule has 1 aliphatic rings. The van der Waals surface area contributed by atoms with E-state index in [-0.39, 0.29) is 12.4 Å². The van der Waals surface area contributed by atoms with Gasteiger partial charge in [-0.05, 0) is 31.4 Å². The van der Waals surface area contributed by atoms with Gasteiger partial charge in [-0.1, -0.05) is 12.5 Å². The van der Waals surface area contributed by atoms with Crippen molar-refractivity contribution in [2.75, 3.05) is 26.8 Å². The molecule has 21 heavy (non-hydrogen) atoms. The Morgan fingerprint density at radius 1 is 1.43 bits per heavy atom. The first-order valence-electron chi connectivity index (χ1n) is 7.60. The fourth-order valence-electron chi connectivity index (χ4n) is 2.86. The summed E-state index contributed by atoms with van der Waals surface area (Å²) in [5, 5.41) is 9.16. The van der Waals surface area contributed by atoms with Crippen LogP contribution in [-0.4, -0.2) is 42.9 Å². The number of nitrogens with zero attached hydrogens (tertiary/aromatic N) is 1. The molecule has 0 saturated heterocycles. The van der Waals surface area contributed by atoms with Crippen LogP contribution in [0.15, 0.2) is 18.2 Å². The summed E-state index contributed by atoms with van der Waals surface area (Å²) in [4.78, 5) is 2.26. The Hall–Kier alpha value is -1.17. The molecule has 2 rings (SSSR count). The summed E-state index contributed by atoms with van der Waals surface area (Å²) in [6.07, 6.45) is 4.25. The third kappa shape index (κ3) is 3.93. The molecular formula is C16H25FN2O2. The van der Waals surface area contributed by atoms with Crippen LogP contribution in [0.3, 0.4) is 0 Å². The van der Waals surface area contributed by atoms with Gasteiger partial charge < -0.3 is 15.6 Å². The van der Waals surface area contributed by atoms with Gasteiger partial charge in [0.15, 0.2) is 0 Å². The number of halogens is 1. The maximum absolute atomic E-state index is 14.0. The van der Waals surface area contributed by atoms with Crippen LogP contribution in [0.25, 0.3) is 0 Å². The zero-order valence-corrected chi connectivity index (χ0v) is 12.6. The van der Waals surface area contributed by atoms with Crippen molar-refractivity contribution in [1.29, 1.82) is 0 Å². The van der Waals surface area contributed by atoms with Gasteiger partial charge in [0.2, 0.25) is 0 Å². The van der Waals surface area contributed by atoms with Crippen LogP contribution in [0.5, 0.6) is 5.75 Å². The Kier molecular flexibility index (Phi) is 5.96. The summed E-state index contributed by atoms with van der Waals surface area (Å²) < 4.78 is 19.2. The van der Waals surface area contributed by atoms with E-state index in [1.165, 1.54) is 32.4 Å². The van der Waals surface area contributed by atoms with E-state index >= 15 is 0 Å². The summed E-state index contributed by atoms with van der Waals surface area (Å²) >= 11 is 0. The lowest BCUT2D eigenvalue weighted by Crippen LogP contribution is -2.43. The number of aliphatic hydroxyl groups excluding tert-OH is 1. The topological polar surface area (TPSA) is 58.7 Å².